The first-order valence-corrected chi connectivity index (χ1v) is 4.79. The molecule has 0 saturated heterocycles. The van der Waals surface area contributed by atoms with Gasteiger partial charge in [0.1, 0.15) is 0 Å². The summed E-state index contributed by atoms with van der Waals surface area (Å²) in [7, 11) is 0. The summed E-state index contributed by atoms with van der Waals surface area (Å²) in [6, 6.07) is 4.88. The van der Waals surface area contributed by atoms with Crippen LogP contribution in [0.4, 0.5) is 5.69 Å². The van der Waals surface area contributed by atoms with Crippen molar-refractivity contribution in [1.82, 2.24) is 0 Å². The second-order valence-corrected chi connectivity index (χ2v) is 3.55. The Morgan fingerprint density at radius 3 is 2.85 bits per heavy atom. The maximum absolute atomic E-state index is 10.6. The molecule has 0 aromatic heterocycles. The first-order valence-electron chi connectivity index (χ1n) is 3.72. The fraction of sp³-hybridized carbons (Fsp3) is 0.250. The summed E-state index contributed by atoms with van der Waals surface area (Å²) in [5, 5.41) is 10.6. The minimum atomic E-state index is -0.437. The number of nitrogens with zero attached hydrogens (tertiary/aromatic N) is 1. The highest BCUT2D eigenvalue weighted by Gasteiger charge is 2.14. The van der Waals surface area contributed by atoms with Crippen molar-refractivity contribution < 1.29 is 9.66 Å². The Labute approximate surface area is 89.2 Å². The van der Waals surface area contributed by atoms with Crippen molar-refractivity contribution in [3.05, 3.63) is 31.9 Å². The lowest BCUT2D eigenvalue weighted by Crippen LogP contribution is -1.97. The maximum atomic E-state index is 10.6. The summed E-state index contributed by atoms with van der Waals surface area (Å²) in [5.41, 5.74) is 0.0220. The highest BCUT2D eigenvalue weighted by Crippen LogP contribution is 2.28. The van der Waals surface area contributed by atoms with Crippen LogP contribution in [0.3, 0.4) is 0 Å². The molecule has 0 heterocycles. The highest BCUT2D eigenvalue weighted by molar-refractivity contribution is 14.1. The average Bonchev–Trinajstić information content (AvgIpc) is 2.08. The van der Waals surface area contributed by atoms with E-state index < -0.39 is 4.92 Å². The van der Waals surface area contributed by atoms with E-state index in [2.05, 4.69) is 0 Å². The second-order valence-electron chi connectivity index (χ2n) is 2.30. The van der Waals surface area contributed by atoms with E-state index in [0.717, 1.165) is 3.57 Å². The van der Waals surface area contributed by atoms with Gasteiger partial charge in [0, 0.05) is 9.64 Å². The molecule has 1 rings (SSSR count). The molecular weight excluding hydrogens is 285 g/mol. The molecule has 0 radical (unpaired) electrons. The van der Waals surface area contributed by atoms with E-state index in [0.29, 0.717) is 12.4 Å². The first kappa shape index (κ1) is 10.2. The third kappa shape index (κ3) is 2.55. The molecule has 0 saturated carbocycles. The van der Waals surface area contributed by atoms with Crippen molar-refractivity contribution in [3.63, 3.8) is 0 Å². The van der Waals surface area contributed by atoms with E-state index in [1.807, 2.05) is 22.6 Å². The number of rotatable bonds is 3. The fourth-order valence-electron chi connectivity index (χ4n) is 0.911. The van der Waals surface area contributed by atoms with Crippen molar-refractivity contribution in [2.24, 2.45) is 0 Å². The summed E-state index contributed by atoms with van der Waals surface area (Å²) in [4.78, 5) is 10.1. The van der Waals surface area contributed by atoms with Gasteiger partial charge in [0.25, 0.3) is 0 Å². The Balaban J connectivity index is 3.10. The Morgan fingerprint density at radius 1 is 1.62 bits per heavy atom. The van der Waals surface area contributed by atoms with Gasteiger partial charge in [-0.25, -0.2) is 0 Å². The molecule has 1 aromatic carbocycles. The summed E-state index contributed by atoms with van der Waals surface area (Å²) >= 11 is 2.02. The Kier molecular flexibility index (Phi) is 3.47. The molecule has 0 N–H and O–H groups in total. The predicted octanol–water partition coefficient (Wildman–Crippen LogP) is 2.60. The van der Waals surface area contributed by atoms with E-state index >= 15 is 0 Å². The van der Waals surface area contributed by atoms with Crippen LogP contribution in [0.2, 0.25) is 0 Å². The van der Waals surface area contributed by atoms with Gasteiger partial charge in [-0.3, -0.25) is 10.1 Å². The van der Waals surface area contributed by atoms with Crippen LogP contribution in [0.5, 0.6) is 5.75 Å². The number of benzene rings is 1. The van der Waals surface area contributed by atoms with Crippen LogP contribution in [0.1, 0.15) is 6.92 Å². The minimum Gasteiger partial charge on any atom is -0.487 e. The number of hydrogen-bond donors (Lipinski definition) is 0. The molecule has 0 amide bonds. The standard InChI is InChI=1S/C8H8INO3/c1-2-13-8-4-3-6(9)5-7(8)10(11)12/h3-5H,2H2,1H3. The van der Waals surface area contributed by atoms with Crippen molar-refractivity contribution in [1.29, 1.82) is 0 Å². The fourth-order valence-corrected chi connectivity index (χ4v) is 1.39. The Hall–Kier alpha value is -0.850. The molecule has 5 heteroatoms. The van der Waals surface area contributed by atoms with Gasteiger partial charge < -0.3 is 4.74 Å². The monoisotopic (exact) mass is 293 g/mol. The van der Waals surface area contributed by atoms with Gasteiger partial charge in [0.15, 0.2) is 5.75 Å². The van der Waals surface area contributed by atoms with Gasteiger partial charge >= 0.3 is 5.69 Å². The number of nitro groups is 1. The van der Waals surface area contributed by atoms with E-state index in [9.17, 15) is 10.1 Å². The minimum absolute atomic E-state index is 0.0220. The first-order chi connectivity index (χ1) is 6.15. The van der Waals surface area contributed by atoms with Crippen LogP contribution >= 0.6 is 22.6 Å². The molecule has 0 fully saturated rings. The van der Waals surface area contributed by atoms with Crippen molar-refractivity contribution in [2.75, 3.05) is 6.61 Å². The van der Waals surface area contributed by atoms with Gasteiger partial charge in [-0.2, -0.15) is 0 Å². The Bertz CT molecular complexity index is 327. The van der Waals surface area contributed by atoms with Crippen molar-refractivity contribution >= 4 is 28.3 Å². The molecule has 1 aromatic rings. The SMILES string of the molecule is CCOc1ccc(I)cc1[N+](=O)[O-]. The lowest BCUT2D eigenvalue weighted by Gasteiger charge is -2.03. The van der Waals surface area contributed by atoms with Gasteiger partial charge in [0.05, 0.1) is 11.5 Å². The zero-order valence-electron chi connectivity index (χ0n) is 6.99. The molecule has 13 heavy (non-hydrogen) atoms. The average molecular weight is 293 g/mol. The number of halogens is 1. The summed E-state index contributed by atoms with van der Waals surface area (Å²) in [6.07, 6.45) is 0. The highest BCUT2D eigenvalue weighted by atomic mass is 127. The van der Waals surface area contributed by atoms with Crippen LogP contribution in [0, 0.1) is 13.7 Å². The molecule has 70 valence electrons. The number of nitro benzene ring substituents is 1. The van der Waals surface area contributed by atoms with E-state index in [1.165, 1.54) is 6.07 Å². The zero-order chi connectivity index (χ0) is 9.84. The number of hydrogen-bond acceptors (Lipinski definition) is 3. The normalized spacial score (nSPS) is 9.69. The summed E-state index contributed by atoms with van der Waals surface area (Å²) in [5.74, 6) is 0.327. The van der Waals surface area contributed by atoms with Crippen molar-refractivity contribution in [3.8, 4) is 5.75 Å². The predicted molar refractivity (Wildman–Crippen MR) is 57.0 cm³/mol. The summed E-state index contributed by atoms with van der Waals surface area (Å²) in [6.45, 7) is 2.23. The molecule has 0 aliphatic carbocycles. The van der Waals surface area contributed by atoms with E-state index in [-0.39, 0.29) is 5.69 Å². The van der Waals surface area contributed by atoms with Crippen LogP contribution < -0.4 is 4.74 Å². The van der Waals surface area contributed by atoms with Crippen LogP contribution in [0.25, 0.3) is 0 Å². The molecule has 0 spiro atoms. The number of ether oxygens (including phenoxy) is 1. The van der Waals surface area contributed by atoms with E-state index in [1.54, 1.807) is 19.1 Å². The van der Waals surface area contributed by atoms with Gasteiger partial charge in [-0.1, -0.05) is 0 Å². The van der Waals surface area contributed by atoms with Gasteiger partial charge in [0.2, 0.25) is 0 Å². The molecule has 0 unspecified atom stereocenters. The van der Waals surface area contributed by atoms with Crippen LogP contribution in [-0.4, -0.2) is 11.5 Å². The molecule has 0 atom stereocenters. The molecule has 0 aliphatic rings. The lowest BCUT2D eigenvalue weighted by atomic mass is 10.3. The third-order valence-electron chi connectivity index (χ3n) is 1.42. The second kappa shape index (κ2) is 4.40. The Morgan fingerprint density at radius 2 is 2.31 bits per heavy atom. The van der Waals surface area contributed by atoms with Gasteiger partial charge in [-0.15, -0.1) is 0 Å². The molecule has 0 bridgehead atoms. The third-order valence-corrected chi connectivity index (χ3v) is 2.09. The quantitative estimate of drug-likeness (QED) is 0.489. The van der Waals surface area contributed by atoms with Crippen LogP contribution in [0.15, 0.2) is 18.2 Å². The maximum Gasteiger partial charge on any atom is 0.311 e. The summed E-state index contributed by atoms with van der Waals surface area (Å²) < 4.78 is 5.93. The topological polar surface area (TPSA) is 52.4 Å². The van der Waals surface area contributed by atoms with Gasteiger partial charge in [-0.05, 0) is 41.6 Å². The zero-order valence-corrected chi connectivity index (χ0v) is 9.15. The molecule has 4 nitrogen and oxygen atoms in total. The van der Waals surface area contributed by atoms with Crippen LogP contribution in [-0.2, 0) is 0 Å². The molecule has 0 aliphatic heterocycles. The smallest absolute Gasteiger partial charge is 0.311 e. The lowest BCUT2D eigenvalue weighted by molar-refractivity contribution is -0.385. The van der Waals surface area contributed by atoms with Crippen molar-refractivity contribution in [2.45, 2.75) is 6.92 Å². The van der Waals surface area contributed by atoms with E-state index in [4.69, 9.17) is 4.74 Å². The molecular formula is C8H8INO3. The largest absolute Gasteiger partial charge is 0.487 e.